The Hall–Kier alpha value is -1.64. The number of hydrogen-bond donors (Lipinski definition) is 0. The quantitative estimate of drug-likeness (QED) is 0.635. The first-order valence-corrected chi connectivity index (χ1v) is 7.93. The first kappa shape index (κ1) is 12.1. The topological polar surface area (TPSA) is 3.24 Å². The van der Waals surface area contributed by atoms with Gasteiger partial charge in [-0.2, -0.15) is 0 Å². The maximum Gasteiger partial charge on any atom is 0.0345 e. The van der Waals surface area contributed by atoms with E-state index in [2.05, 4.69) is 65.9 Å². The van der Waals surface area contributed by atoms with E-state index in [4.69, 9.17) is 0 Å². The average molecular weight is 279 g/mol. The molecule has 0 aliphatic carbocycles. The maximum absolute atomic E-state index is 2.43. The molecule has 2 heteroatoms. The number of hydrogen-bond acceptors (Lipinski definition) is 2. The molecule has 0 fully saturated rings. The minimum atomic E-state index is 0.501. The summed E-state index contributed by atoms with van der Waals surface area (Å²) in [6.07, 6.45) is 0. The molecule has 2 aromatic carbocycles. The van der Waals surface area contributed by atoms with Gasteiger partial charge in [0.2, 0.25) is 0 Å². The van der Waals surface area contributed by atoms with Crippen LogP contribution in [0.3, 0.4) is 0 Å². The highest BCUT2D eigenvalue weighted by atomic mass is 32.1. The molecule has 0 radical (unpaired) electrons. The Kier molecular flexibility index (Phi) is 2.86. The summed E-state index contributed by atoms with van der Waals surface area (Å²) in [5, 5.41) is 3.78. The molecule has 1 atom stereocenters. The van der Waals surface area contributed by atoms with Crippen molar-refractivity contribution >= 4 is 21.4 Å². The largest absolute Gasteiger partial charge is 0.301 e. The van der Waals surface area contributed by atoms with Crippen LogP contribution in [0.15, 0.2) is 53.9 Å². The Labute approximate surface area is 123 Å². The third-order valence-electron chi connectivity index (χ3n) is 4.25. The van der Waals surface area contributed by atoms with Crippen molar-refractivity contribution < 1.29 is 0 Å². The fourth-order valence-corrected chi connectivity index (χ4v) is 4.33. The van der Waals surface area contributed by atoms with Crippen molar-refractivity contribution in [2.24, 2.45) is 0 Å². The van der Waals surface area contributed by atoms with Crippen molar-refractivity contribution in [2.75, 3.05) is 13.6 Å². The molecule has 0 saturated carbocycles. The third kappa shape index (κ3) is 1.88. The molecule has 0 saturated heterocycles. The van der Waals surface area contributed by atoms with E-state index in [-0.39, 0.29) is 0 Å². The van der Waals surface area contributed by atoms with E-state index in [0.29, 0.717) is 5.92 Å². The van der Waals surface area contributed by atoms with Gasteiger partial charge in [0.1, 0.15) is 0 Å². The molecule has 1 aromatic heterocycles. The summed E-state index contributed by atoms with van der Waals surface area (Å²) in [5.74, 6) is 0.501. The number of rotatable bonds is 1. The second kappa shape index (κ2) is 4.72. The molecule has 2 heterocycles. The molecular weight excluding hydrogens is 262 g/mol. The standard InChI is InChI=1S/C18H17NS/c1-19-10-13-6-2-3-7-14(13)16(11-19)17-12-20-18-9-5-4-8-15(17)18/h2-9,12,16H,10-11H2,1H3. The minimum absolute atomic E-state index is 0.501. The molecule has 0 N–H and O–H groups in total. The van der Waals surface area contributed by atoms with Crippen LogP contribution < -0.4 is 0 Å². The average Bonchev–Trinajstić information content (AvgIpc) is 2.90. The third-order valence-corrected chi connectivity index (χ3v) is 5.23. The van der Waals surface area contributed by atoms with E-state index in [9.17, 15) is 0 Å². The molecule has 3 aromatic rings. The van der Waals surface area contributed by atoms with Crippen molar-refractivity contribution in [2.45, 2.75) is 12.5 Å². The molecule has 100 valence electrons. The van der Waals surface area contributed by atoms with Gasteiger partial charge in [0.05, 0.1) is 0 Å². The lowest BCUT2D eigenvalue weighted by molar-refractivity contribution is 0.296. The van der Waals surface area contributed by atoms with Crippen molar-refractivity contribution in [3.8, 4) is 0 Å². The van der Waals surface area contributed by atoms with Gasteiger partial charge in [-0.3, -0.25) is 0 Å². The van der Waals surface area contributed by atoms with Crippen molar-refractivity contribution in [3.63, 3.8) is 0 Å². The molecule has 1 aliphatic rings. The van der Waals surface area contributed by atoms with Crippen LogP contribution in [0.4, 0.5) is 0 Å². The first-order chi connectivity index (χ1) is 9.83. The molecule has 0 amide bonds. The Balaban J connectivity index is 1.90. The normalized spacial score (nSPS) is 19.1. The zero-order chi connectivity index (χ0) is 13.5. The van der Waals surface area contributed by atoms with Crippen molar-refractivity contribution in [3.05, 3.63) is 70.6 Å². The number of benzene rings is 2. The number of fused-ring (bicyclic) bond motifs is 2. The predicted octanol–water partition coefficient (Wildman–Crippen LogP) is 4.48. The monoisotopic (exact) mass is 279 g/mol. The summed E-state index contributed by atoms with van der Waals surface area (Å²) >= 11 is 1.86. The van der Waals surface area contributed by atoms with Crippen LogP contribution >= 0.6 is 11.3 Å². The fourth-order valence-electron chi connectivity index (χ4n) is 3.32. The van der Waals surface area contributed by atoms with Crippen LogP contribution in [-0.2, 0) is 6.54 Å². The van der Waals surface area contributed by atoms with Gasteiger partial charge in [-0.25, -0.2) is 0 Å². The Morgan fingerprint density at radius 1 is 1.00 bits per heavy atom. The van der Waals surface area contributed by atoms with Gasteiger partial charge in [0.25, 0.3) is 0 Å². The van der Waals surface area contributed by atoms with Crippen molar-refractivity contribution in [1.82, 2.24) is 4.90 Å². The second-order valence-corrected chi connectivity index (χ2v) is 6.55. The van der Waals surface area contributed by atoms with Gasteiger partial charge in [0, 0.05) is 23.7 Å². The summed E-state index contributed by atoms with van der Waals surface area (Å²) < 4.78 is 1.40. The number of thiophene rings is 1. The Morgan fingerprint density at radius 2 is 1.80 bits per heavy atom. The molecule has 0 spiro atoms. The smallest absolute Gasteiger partial charge is 0.0345 e. The highest BCUT2D eigenvalue weighted by Crippen LogP contribution is 2.38. The van der Waals surface area contributed by atoms with E-state index in [1.807, 2.05) is 11.3 Å². The van der Waals surface area contributed by atoms with Crippen LogP contribution in [0.1, 0.15) is 22.6 Å². The molecule has 20 heavy (non-hydrogen) atoms. The van der Waals surface area contributed by atoms with Gasteiger partial charge in [-0.05, 0) is 40.6 Å². The van der Waals surface area contributed by atoms with Gasteiger partial charge in [-0.1, -0.05) is 42.5 Å². The predicted molar refractivity (Wildman–Crippen MR) is 86.4 cm³/mol. The van der Waals surface area contributed by atoms with E-state index in [1.165, 1.54) is 26.8 Å². The summed E-state index contributed by atoms with van der Waals surface area (Å²) in [6, 6.07) is 17.7. The minimum Gasteiger partial charge on any atom is -0.301 e. The highest BCUT2D eigenvalue weighted by molar-refractivity contribution is 7.17. The van der Waals surface area contributed by atoms with E-state index in [1.54, 1.807) is 0 Å². The van der Waals surface area contributed by atoms with Crippen LogP contribution in [0.5, 0.6) is 0 Å². The van der Waals surface area contributed by atoms with E-state index in [0.717, 1.165) is 13.1 Å². The molecule has 1 aliphatic heterocycles. The highest BCUT2D eigenvalue weighted by Gasteiger charge is 2.26. The lowest BCUT2D eigenvalue weighted by atomic mass is 9.85. The van der Waals surface area contributed by atoms with Crippen LogP contribution in [0.2, 0.25) is 0 Å². The zero-order valence-electron chi connectivity index (χ0n) is 11.5. The molecular formula is C18H17NS. The fraction of sp³-hybridized carbons (Fsp3) is 0.222. The zero-order valence-corrected chi connectivity index (χ0v) is 12.4. The summed E-state index contributed by atoms with van der Waals surface area (Å²) in [4.78, 5) is 2.43. The Morgan fingerprint density at radius 3 is 2.75 bits per heavy atom. The molecule has 1 unspecified atom stereocenters. The van der Waals surface area contributed by atoms with Crippen LogP contribution in [0, 0.1) is 0 Å². The first-order valence-electron chi connectivity index (χ1n) is 7.05. The van der Waals surface area contributed by atoms with E-state index < -0.39 is 0 Å². The van der Waals surface area contributed by atoms with Crippen LogP contribution in [-0.4, -0.2) is 18.5 Å². The van der Waals surface area contributed by atoms with Gasteiger partial charge < -0.3 is 4.90 Å². The molecule has 0 bridgehead atoms. The SMILES string of the molecule is CN1Cc2ccccc2C(c2csc3ccccc23)C1. The lowest BCUT2D eigenvalue weighted by Gasteiger charge is -2.32. The van der Waals surface area contributed by atoms with Gasteiger partial charge in [-0.15, -0.1) is 11.3 Å². The summed E-state index contributed by atoms with van der Waals surface area (Å²) in [6.45, 7) is 2.17. The number of nitrogens with zero attached hydrogens (tertiary/aromatic N) is 1. The molecule has 1 nitrogen and oxygen atoms in total. The maximum atomic E-state index is 2.43. The molecule has 4 rings (SSSR count). The van der Waals surface area contributed by atoms with Gasteiger partial charge >= 0.3 is 0 Å². The Bertz CT molecular complexity index is 759. The van der Waals surface area contributed by atoms with E-state index >= 15 is 0 Å². The number of likely N-dealkylation sites (N-methyl/N-ethyl adjacent to an activating group) is 1. The van der Waals surface area contributed by atoms with Gasteiger partial charge in [0.15, 0.2) is 0 Å². The lowest BCUT2D eigenvalue weighted by Crippen LogP contribution is -2.30. The summed E-state index contributed by atoms with van der Waals surface area (Å²) in [5.41, 5.74) is 4.47. The second-order valence-electron chi connectivity index (χ2n) is 5.64. The summed E-state index contributed by atoms with van der Waals surface area (Å²) in [7, 11) is 2.22. The van der Waals surface area contributed by atoms with Crippen LogP contribution in [0.25, 0.3) is 10.1 Å². The van der Waals surface area contributed by atoms with Crippen molar-refractivity contribution in [1.29, 1.82) is 0 Å².